The predicted octanol–water partition coefficient (Wildman–Crippen LogP) is 2.24. The summed E-state index contributed by atoms with van der Waals surface area (Å²) < 4.78 is 7.66. The molecule has 0 unspecified atom stereocenters. The number of rotatable bonds is 8. The number of benzene rings is 1. The minimum atomic E-state index is -0.393. The van der Waals surface area contributed by atoms with Gasteiger partial charge in [-0.15, -0.1) is 16.8 Å². The molecular weight excluding hydrogens is 312 g/mol. The summed E-state index contributed by atoms with van der Waals surface area (Å²) >= 11 is 1.25. The van der Waals surface area contributed by atoms with E-state index in [4.69, 9.17) is 10.5 Å². The molecule has 0 saturated heterocycles. The largest absolute Gasteiger partial charge is 0.486 e. The van der Waals surface area contributed by atoms with E-state index >= 15 is 0 Å². The summed E-state index contributed by atoms with van der Waals surface area (Å²) in [5.41, 5.74) is 7.56. The van der Waals surface area contributed by atoms with Crippen LogP contribution in [-0.2, 0) is 17.9 Å². The number of nitrogens with two attached hydrogens (primary N) is 1. The first-order valence-electron chi connectivity index (χ1n) is 7.15. The van der Waals surface area contributed by atoms with E-state index in [0.717, 1.165) is 5.75 Å². The molecule has 0 aliphatic heterocycles. The average molecular weight is 332 g/mol. The van der Waals surface area contributed by atoms with Crippen LogP contribution in [0.25, 0.3) is 0 Å². The summed E-state index contributed by atoms with van der Waals surface area (Å²) in [6.45, 7) is 8.67. The first kappa shape index (κ1) is 17.1. The maximum absolute atomic E-state index is 10.9. The zero-order valence-corrected chi connectivity index (χ0v) is 14.1. The molecule has 0 aliphatic rings. The van der Waals surface area contributed by atoms with Crippen molar-refractivity contribution >= 4 is 17.7 Å². The summed E-state index contributed by atoms with van der Waals surface area (Å²) in [4.78, 5) is 10.9. The van der Waals surface area contributed by atoms with Crippen molar-refractivity contribution in [3.8, 4) is 5.75 Å². The smallest absolute Gasteiger partial charge is 0.227 e. The molecule has 1 aromatic carbocycles. The lowest BCUT2D eigenvalue weighted by Crippen LogP contribution is -2.14. The summed E-state index contributed by atoms with van der Waals surface area (Å²) in [5, 5.41) is 8.85. The van der Waals surface area contributed by atoms with Gasteiger partial charge in [-0.1, -0.05) is 23.9 Å². The fraction of sp³-hybridized carbons (Fsp3) is 0.312. The molecule has 0 spiro atoms. The van der Waals surface area contributed by atoms with E-state index in [1.165, 1.54) is 22.9 Å². The highest BCUT2D eigenvalue weighted by Gasteiger charge is 2.13. The minimum absolute atomic E-state index is 0.160. The number of primary amides is 1. The number of carbonyl (C=O) groups is 1. The van der Waals surface area contributed by atoms with Gasteiger partial charge in [0.1, 0.15) is 12.4 Å². The van der Waals surface area contributed by atoms with E-state index in [1.54, 1.807) is 6.08 Å². The monoisotopic (exact) mass is 332 g/mol. The predicted molar refractivity (Wildman–Crippen MR) is 90.4 cm³/mol. The standard InChI is InChI=1S/C16H20N4O2S/c1-4-7-20-15(18-19-16(20)23-10-14(17)21)9-22-13-6-5-11(2)12(3)8-13/h4-6,8H,1,7,9-10H2,2-3H3,(H2,17,21). The van der Waals surface area contributed by atoms with E-state index < -0.39 is 5.91 Å². The van der Waals surface area contributed by atoms with Gasteiger partial charge in [-0.3, -0.25) is 9.36 Å². The van der Waals surface area contributed by atoms with Crippen LogP contribution in [-0.4, -0.2) is 26.4 Å². The molecule has 122 valence electrons. The average Bonchev–Trinajstić information content (AvgIpc) is 2.89. The number of aromatic nitrogens is 3. The van der Waals surface area contributed by atoms with Crippen molar-refractivity contribution in [2.45, 2.75) is 32.2 Å². The van der Waals surface area contributed by atoms with Crippen LogP contribution in [0.5, 0.6) is 5.75 Å². The number of allylic oxidation sites excluding steroid dienone is 1. The molecule has 2 aromatic rings. The fourth-order valence-electron chi connectivity index (χ4n) is 1.93. The Morgan fingerprint density at radius 3 is 2.83 bits per heavy atom. The van der Waals surface area contributed by atoms with Crippen molar-refractivity contribution < 1.29 is 9.53 Å². The third kappa shape index (κ3) is 4.59. The first-order valence-corrected chi connectivity index (χ1v) is 8.14. The Bertz CT molecular complexity index is 712. The number of ether oxygens (including phenoxy) is 1. The number of nitrogens with zero attached hydrogens (tertiary/aromatic N) is 3. The van der Waals surface area contributed by atoms with Crippen LogP contribution in [0.15, 0.2) is 36.0 Å². The Morgan fingerprint density at radius 2 is 2.17 bits per heavy atom. The number of hydrogen-bond donors (Lipinski definition) is 1. The van der Waals surface area contributed by atoms with Gasteiger partial charge in [-0.05, 0) is 37.1 Å². The van der Waals surface area contributed by atoms with Gasteiger partial charge in [-0.2, -0.15) is 0 Å². The summed E-state index contributed by atoms with van der Waals surface area (Å²) in [7, 11) is 0. The van der Waals surface area contributed by atoms with Gasteiger partial charge >= 0.3 is 0 Å². The molecule has 0 bridgehead atoms. The Morgan fingerprint density at radius 1 is 1.39 bits per heavy atom. The summed E-state index contributed by atoms with van der Waals surface area (Å²) in [5.74, 6) is 1.23. The van der Waals surface area contributed by atoms with Crippen molar-refractivity contribution in [1.29, 1.82) is 0 Å². The van der Waals surface area contributed by atoms with E-state index in [1.807, 2.05) is 29.7 Å². The maximum atomic E-state index is 10.9. The van der Waals surface area contributed by atoms with Crippen molar-refractivity contribution in [3.63, 3.8) is 0 Å². The second-order valence-electron chi connectivity index (χ2n) is 5.09. The topological polar surface area (TPSA) is 83.0 Å². The van der Waals surface area contributed by atoms with E-state index in [9.17, 15) is 4.79 Å². The van der Waals surface area contributed by atoms with Crippen molar-refractivity contribution in [3.05, 3.63) is 47.8 Å². The number of carbonyl (C=O) groups excluding carboxylic acids is 1. The highest BCUT2D eigenvalue weighted by Crippen LogP contribution is 2.20. The molecule has 1 aromatic heterocycles. The van der Waals surface area contributed by atoms with Crippen LogP contribution >= 0.6 is 11.8 Å². The van der Waals surface area contributed by atoms with Gasteiger partial charge < -0.3 is 10.5 Å². The highest BCUT2D eigenvalue weighted by molar-refractivity contribution is 7.99. The van der Waals surface area contributed by atoms with Crippen LogP contribution in [0.2, 0.25) is 0 Å². The SMILES string of the molecule is C=CCn1c(COc2ccc(C)c(C)c2)nnc1SCC(N)=O. The van der Waals surface area contributed by atoms with Gasteiger partial charge in [0.25, 0.3) is 0 Å². The molecule has 1 amide bonds. The number of thioether (sulfide) groups is 1. The lowest BCUT2D eigenvalue weighted by molar-refractivity contribution is -0.115. The lowest BCUT2D eigenvalue weighted by Gasteiger charge is -2.10. The normalized spacial score (nSPS) is 10.5. The van der Waals surface area contributed by atoms with Crippen LogP contribution in [0, 0.1) is 13.8 Å². The van der Waals surface area contributed by atoms with Crippen LogP contribution < -0.4 is 10.5 Å². The molecule has 0 aliphatic carbocycles. The van der Waals surface area contributed by atoms with E-state index in [-0.39, 0.29) is 5.75 Å². The van der Waals surface area contributed by atoms with Crippen molar-refractivity contribution in [1.82, 2.24) is 14.8 Å². The van der Waals surface area contributed by atoms with Gasteiger partial charge in [0, 0.05) is 6.54 Å². The molecule has 0 radical (unpaired) electrons. The van der Waals surface area contributed by atoms with E-state index in [0.29, 0.717) is 24.1 Å². The van der Waals surface area contributed by atoms with Gasteiger partial charge in [-0.25, -0.2) is 0 Å². The molecule has 7 heteroatoms. The van der Waals surface area contributed by atoms with E-state index in [2.05, 4.69) is 23.7 Å². The fourth-order valence-corrected chi connectivity index (χ4v) is 2.64. The molecular formula is C16H20N4O2S. The number of hydrogen-bond acceptors (Lipinski definition) is 5. The molecule has 0 atom stereocenters. The maximum Gasteiger partial charge on any atom is 0.227 e. The third-order valence-electron chi connectivity index (χ3n) is 3.29. The number of amides is 1. The highest BCUT2D eigenvalue weighted by atomic mass is 32.2. The lowest BCUT2D eigenvalue weighted by atomic mass is 10.1. The molecule has 23 heavy (non-hydrogen) atoms. The number of aryl methyl sites for hydroxylation is 2. The summed E-state index contributed by atoms with van der Waals surface area (Å²) in [6, 6.07) is 5.94. The van der Waals surface area contributed by atoms with Crippen LogP contribution in [0.3, 0.4) is 0 Å². The third-order valence-corrected chi connectivity index (χ3v) is 4.28. The second kappa shape index (κ2) is 7.82. The molecule has 6 nitrogen and oxygen atoms in total. The first-order chi connectivity index (χ1) is 11.0. The second-order valence-corrected chi connectivity index (χ2v) is 6.03. The van der Waals surface area contributed by atoms with Gasteiger partial charge in [0.2, 0.25) is 5.91 Å². The molecule has 0 saturated carbocycles. The quantitative estimate of drug-likeness (QED) is 0.592. The molecule has 1 heterocycles. The van der Waals surface area contributed by atoms with Crippen molar-refractivity contribution in [2.75, 3.05) is 5.75 Å². The zero-order valence-electron chi connectivity index (χ0n) is 13.3. The Labute approximate surface area is 139 Å². The summed E-state index contributed by atoms with van der Waals surface area (Å²) in [6.07, 6.45) is 1.75. The minimum Gasteiger partial charge on any atom is -0.486 e. The van der Waals surface area contributed by atoms with Crippen LogP contribution in [0.4, 0.5) is 0 Å². The molecule has 2 N–H and O–H groups in total. The Kier molecular flexibility index (Phi) is 5.81. The van der Waals surface area contributed by atoms with Gasteiger partial charge in [0.05, 0.1) is 5.75 Å². The Balaban J connectivity index is 2.10. The van der Waals surface area contributed by atoms with Crippen LogP contribution in [0.1, 0.15) is 17.0 Å². The van der Waals surface area contributed by atoms with Crippen molar-refractivity contribution in [2.24, 2.45) is 5.73 Å². The Hall–Kier alpha value is -2.28. The molecule has 2 rings (SSSR count). The van der Waals surface area contributed by atoms with Gasteiger partial charge in [0.15, 0.2) is 11.0 Å². The zero-order chi connectivity index (χ0) is 16.8. The molecule has 0 fully saturated rings.